The molecule has 0 saturated carbocycles. The van der Waals surface area contributed by atoms with Crippen LogP contribution in [0.2, 0.25) is 18.1 Å². The summed E-state index contributed by atoms with van der Waals surface area (Å²) in [6, 6.07) is 9.64. The Hall–Kier alpha value is -1.31. The second-order valence-corrected chi connectivity index (χ2v) is 11.5. The number of nitriles is 1. The Balaban J connectivity index is 2.93. The molecule has 0 radical (unpaired) electrons. The smallest absolute Gasteiger partial charge is 0.194 e. The zero-order chi connectivity index (χ0) is 16.1. The van der Waals surface area contributed by atoms with Crippen LogP contribution in [0.15, 0.2) is 29.3 Å². The van der Waals surface area contributed by atoms with Gasteiger partial charge in [0, 0.05) is 6.42 Å². The molecule has 0 aliphatic rings. The van der Waals surface area contributed by atoms with Crippen LogP contribution < -0.4 is 0 Å². The number of isothiocyanates is 1. The Morgan fingerprint density at radius 3 is 2.57 bits per heavy atom. The molecule has 0 aromatic heterocycles. The van der Waals surface area contributed by atoms with Crippen molar-refractivity contribution in [2.75, 3.05) is 0 Å². The molecule has 1 atom stereocenters. The van der Waals surface area contributed by atoms with Gasteiger partial charge in [0.25, 0.3) is 0 Å². The predicted octanol–water partition coefficient (Wildman–Crippen LogP) is 4.55. The molecule has 112 valence electrons. The summed E-state index contributed by atoms with van der Waals surface area (Å²) in [5.41, 5.74) is 1.66. The largest absolute Gasteiger partial charge is 0.395 e. The lowest BCUT2D eigenvalue weighted by Gasteiger charge is -2.38. The predicted molar refractivity (Wildman–Crippen MR) is 92.0 cm³/mol. The minimum absolute atomic E-state index is 0.108. The average molecular weight is 319 g/mol. The van der Waals surface area contributed by atoms with Crippen LogP contribution in [0, 0.1) is 11.3 Å². The Morgan fingerprint density at radius 1 is 1.38 bits per heavy atom. The number of thiocarbonyl (C=S) groups is 1. The fourth-order valence-electron chi connectivity index (χ4n) is 1.66. The molecule has 0 amide bonds. The fraction of sp³-hybridized carbons (Fsp3) is 0.500. The first kappa shape index (κ1) is 17.7. The quantitative estimate of drug-likeness (QED) is 0.454. The van der Waals surface area contributed by atoms with Gasteiger partial charge < -0.3 is 4.43 Å². The van der Waals surface area contributed by atoms with Crippen LogP contribution in [-0.2, 0) is 10.8 Å². The minimum atomic E-state index is -1.93. The molecule has 0 bridgehead atoms. The van der Waals surface area contributed by atoms with Crippen molar-refractivity contribution in [1.82, 2.24) is 0 Å². The van der Waals surface area contributed by atoms with Crippen molar-refractivity contribution in [3.05, 3.63) is 35.4 Å². The first-order chi connectivity index (χ1) is 9.69. The van der Waals surface area contributed by atoms with Gasteiger partial charge in [-0.1, -0.05) is 32.9 Å². The summed E-state index contributed by atoms with van der Waals surface area (Å²) in [6.07, 6.45) is 0.267. The van der Waals surface area contributed by atoms with Gasteiger partial charge in [0.1, 0.15) is 0 Å². The maximum absolute atomic E-state index is 8.97. The van der Waals surface area contributed by atoms with Crippen molar-refractivity contribution in [3.8, 4) is 6.07 Å². The first-order valence-corrected chi connectivity index (χ1v) is 10.2. The van der Waals surface area contributed by atoms with Crippen molar-refractivity contribution in [1.29, 1.82) is 5.26 Å². The van der Waals surface area contributed by atoms with Crippen LogP contribution in [0.4, 0.5) is 0 Å². The van der Waals surface area contributed by atoms with E-state index in [1.54, 1.807) is 6.07 Å². The monoisotopic (exact) mass is 318 g/mol. The Kier molecular flexibility index (Phi) is 6.00. The lowest BCUT2D eigenvalue weighted by atomic mass is 10.1. The van der Waals surface area contributed by atoms with E-state index in [9.17, 15) is 0 Å². The SMILES string of the molecule is CC(C)(C)[Si](C)(C)O[C@@H](Cc1cccc(C#N)c1)N=C=S. The maximum atomic E-state index is 8.97. The highest BCUT2D eigenvalue weighted by molar-refractivity contribution is 7.78. The number of hydrogen-bond donors (Lipinski definition) is 0. The summed E-state index contributed by atoms with van der Waals surface area (Å²) in [4.78, 5) is 4.17. The lowest BCUT2D eigenvalue weighted by Crippen LogP contribution is -2.44. The number of hydrogen-bond acceptors (Lipinski definition) is 4. The highest BCUT2D eigenvalue weighted by Gasteiger charge is 2.39. The van der Waals surface area contributed by atoms with Crippen LogP contribution in [0.3, 0.4) is 0 Å². The van der Waals surface area contributed by atoms with Crippen molar-refractivity contribution >= 4 is 25.7 Å². The third-order valence-corrected chi connectivity index (χ3v) is 8.48. The standard InChI is InChI=1S/C16H22N2OSSi/c1-16(2,3)21(4,5)19-15(18-12-20)10-13-7-6-8-14(9-13)11-17/h6-9,15H,10H2,1-5H3/t15-/m0/s1. The maximum Gasteiger partial charge on any atom is 0.194 e. The Labute approximate surface area is 133 Å². The number of rotatable bonds is 5. The van der Waals surface area contributed by atoms with Gasteiger partial charge in [0.2, 0.25) is 0 Å². The highest BCUT2D eigenvalue weighted by Crippen LogP contribution is 2.37. The first-order valence-electron chi connectivity index (χ1n) is 6.93. The van der Waals surface area contributed by atoms with Gasteiger partial charge in [-0.2, -0.15) is 5.26 Å². The van der Waals surface area contributed by atoms with Gasteiger partial charge in [0.15, 0.2) is 14.5 Å². The molecule has 0 fully saturated rings. The third-order valence-electron chi connectivity index (χ3n) is 3.90. The minimum Gasteiger partial charge on any atom is -0.395 e. The normalized spacial score (nSPS) is 13.1. The van der Waals surface area contributed by atoms with Crippen LogP contribution in [0.25, 0.3) is 0 Å². The molecule has 0 aliphatic heterocycles. The van der Waals surface area contributed by atoms with E-state index in [1.165, 1.54) is 0 Å². The van der Waals surface area contributed by atoms with Gasteiger partial charge >= 0.3 is 0 Å². The summed E-state index contributed by atoms with van der Waals surface area (Å²) < 4.78 is 6.28. The van der Waals surface area contributed by atoms with E-state index in [-0.39, 0.29) is 11.3 Å². The van der Waals surface area contributed by atoms with Crippen LogP contribution in [0.1, 0.15) is 31.9 Å². The molecule has 0 N–H and O–H groups in total. The van der Waals surface area contributed by atoms with Crippen LogP contribution >= 0.6 is 12.2 Å². The molecule has 1 aromatic carbocycles. The molecule has 0 unspecified atom stereocenters. The van der Waals surface area contributed by atoms with Crippen LogP contribution in [-0.4, -0.2) is 19.7 Å². The molecule has 0 spiro atoms. The molecule has 0 heterocycles. The van der Waals surface area contributed by atoms with Crippen molar-refractivity contribution in [2.24, 2.45) is 4.99 Å². The summed E-state index contributed by atoms with van der Waals surface area (Å²) in [5.74, 6) is 0. The molecule has 0 aliphatic carbocycles. The van der Waals surface area contributed by atoms with Gasteiger partial charge in [-0.3, -0.25) is 0 Å². The molecule has 21 heavy (non-hydrogen) atoms. The van der Waals surface area contributed by atoms with Gasteiger partial charge in [-0.15, -0.1) is 0 Å². The van der Waals surface area contributed by atoms with Gasteiger partial charge in [-0.25, -0.2) is 4.99 Å². The zero-order valence-corrected chi connectivity index (χ0v) is 15.1. The van der Waals surface area contributed by atoms with E-state index in [4.69, 9.17) is 21.9 Å². The molecular weight excluding hydrogens is 296 g/mol. The average Bonchev–Trinajstić information content (AvgIpc) is 2.37. The molecular formula is C16H22N2OSSi. The summed E-state index contributed by atoms with van der Waals surface area (Å²) >= 11 is 4.74. The van der Waals surface area contributed by atoms with Gasteiger partial charge in [0.05, 0.1) is 16.8 Å². The number of aliphatic imine (C=N–C) groups is 1. The third kappa shape index (κ3) is 5.18. The molecule has 1 rings (SSSR count). The zero-order valence-electron chi connectivity index (χ0n) is 13.3. The molecule has 3 nitrogen and oxygen atoms in total. The van der Waals surface area contributed by atoms with E-state index >= 15 is 0 Å². The van der Waals surface area contributed by atoms with Crippen molar-refractivity contribution in [3.63, 3.8) is 0 Å². The van der Waals surface area contributed by atoms with Crippen molar-refractivity contribution in [2.45, 2.75) is 51.6 Å². The van der Waals surface area contributed by atoms with Crippen molar-refractivity contribution < 1.29 is 4.43 Å². The van der Waals surface area contributed by atoms with Crippen LogP contribution in [0.5, 0.6) is 0 Å². The van der Waals surface area contributed by atoms with E-state index in [0.29, 0.717) is 12.0 Å². The molecule has 5 heteroatoms. The molecule has 0 saturated heterocycles. The summed E-state index contributed by atoms with van der Waals surface area (Å²) in [5, 5.41) is 11.5. The molecule has 1 aromatic rings. The van der Waals surface area contributed by atoms with E-state index < -0.39 is 8.32 Å². The Bertz CT molecular complexity index is 581. The second kappa shape index (κ2) is 7.10. The highest BCUT2D eigenvalue weighted by atomic mass is 32.1. The van der Waals surface area contributed by atoms with E-state index in [0.717, 1.165) is 5.56 Å². The van der Waals surface area contributed by atoms with E-state index in [2.05, 4.69) is 50.1 Å². The summed E-state index contributed by atoms with van der Waals surface area (Å²) in [6.45, 7) is 10.9. The number of nitrogens with zero attached hydrogens (tertiary/aromatic N) is 2. The van der Waals surface area contributed by atoms with E-state index in [1.807, 2.05) is 18.2 Å². The topological polar surface area (TPSA) is 45.4 Å². The number of benzene rings is 1. The Morgan fingerprint density at radius 2 is 2.05 bits per heavy atom. The second-order valence-electron chi connectivity index (χ2n) is 6.57. The lowest BCUT2D eigenvalue weighted by molar-refractivity contribution is 0.191. The fourth-order valence-corrected chi connectivity index (χ4v) is 2.95. The summed E-state index contributed by atoms with van der Waals surface area (Å²) in [7, 11) is -1.93. The van der Waals surface area contributed by atoms with Gasteiger partial charge in [-0.05, 0) is 48.0 Å².